The second-order valence-electron chi connectivity index (χ2n) is 6.72. The predicted octanol–water partition coefficient (Wildman–Crippen LogP) is 3.43. The van der Waals surface area contributed by atoms with Gasteiger partial charge in [0.1, 0.15) is 5.78 Å². The summed E-state index contributed by atoms with van der Waals surface area (Å²) in [5.74, 6) is 2.62. The molecule has 1 spiro atoms. The van der Waals surface area contributed by atoms with Crippen LogP contribution in [0.5, 0.6) is 0 Å². The minimum Gasteiger partial charge on any atom is -0.299 e. The van der Waals surface area contributed by atoms with Crippen molar-refractivity contribution in [2.24, 2.45) is 28.6 Å². The molecule has 3 rings (SSSR count). The Morgan fingerprint density at radius 1 is 1.27 bits per heavy atom. The zero-order chi connectivity index (χ0) is 10.8. The fourth-order valence-corrected chi connectivity index (χ4v) is 5.64. The molecule has 0 aromatic heterocycles. The van der Waals surface area contributed by atoms with Crippen LogP contribution >= 0.6 is 0 Å². The average molecular weight is 206 g/mol. The fourth-order valence-electron chi connectivity index (χ4n) is 5.64. The van der Waals surface area contributed by atoms with E-state index in [-0.39, 0.29) is 0 Å². The lowest BCUT2D eigenvalue weighted by Crippen LogP contribution is -2.65. The Labute approximate surface area is 92.6 Å². The first-order chi connectivity index (χ1) is 7.01. The molecule has 0 unspecified atom stereocenters. The number of hydrogen-bond donors (Lipinski definition) is 0. The highest BCUT2D eigenvalue weighted by Crippen LogP contribution is 2.75. The van der Waals surface area contributed by atoms with Gasteiger partial charge in [0.15, 0.2) is 0 Å². The first kappa shape index (κ1) is 9.86. The Morgan fingerprint density at radius 3 is 2.73 bits per heavy atom. The van der Waals surface area contributed by atoms with Crippen molar-refractivity contribution in [1.29, 1.82) is 0 Å². The van der Waals surface area contributed by atoms with Crippen LogP contribution in [0.1, 0.15) is 52.9 Å². The smallest absolute Gasteiger partial charge is 0.137 e. The second kappa shape index (κ2) is 2.67. The summed E-state index contributed by atoms with van der Waals surface area (Å²) in [5.41, 5.74) is 0.751. The maximum atomic E-state index is 12.2. The average Bonchev–Trinajstić information content (AvgIpc) is 2.41. The monoisotopic (exact) mass is 206 g/mol. The maximum Gasteiger partial charge on any atom is 0.137 e. The maximum absolute atomic E-state index is 12.2. The molecule has 3 fully saturated rings. The van der Waals surface area contributed by atoms with Crippen molar-refractivity contribution in [3.63, 3.8) is 0 Å². The van der Waals surface area contributed by atoms with Gasteiger partial charge in [0.2, 0.25) is 0 Å². The van der Waals surface area contributed by atoms with Gasteiger partial charge in [0.25, 0.3) is 0 Å². The fraction of sp³-hybridized carbons (Fsp3) is 0.929. The van der Waals surface area contributed by atoms with Crippen molar-refractivity contribution in [1.82, 2.24) is 0 Å². The zero-order valence-electron chi connectivity index (χ0n) is 10.2. The van der Waals surface area contributed by atoms with Crippen molar-refractivity contribution in [3.8, 4) is 0 Å². The summed E-state index contributed by atoms with van der Waals surface area (Å²) in [6.45, 7) is 7.06. The summed E-state index contributed by atoms with van der Waals surface area (Å²) in [4.78, 5) is 12.2. The SMILES string of the molecule is C[C@H]1CC[C@H]2C(C)(C)[C@@H]3C(=O)CCC[C@]123. The molecule has 4 atom stereocenters. The van der Waals surface area contributed by atoms with Crippen molar-refractivity contribution < 1.29 is 4.79 Å². The third kappa shape index (κ3) is 0.893. The molecule has 0 aromatic carbocycles. The summed E-state index contributed by atoms with van der Waals surface area (Å²) < 4.78 is 0. The standard InChI is InChI=1S/C14H22O/c1-9-6-7-11-13(2,3)12-10(15)5-4-8-14(9,11)12/h9,11-12H,4-8H2,1-3H3/t9-,11-,12-,14-/m0/s1. The third-order valence-electron chi connectivity index (χ3n) is 5.99. The number of carbonyl (C=O) groups is 1. The van der Waals surface area contributed by atoms with E-state index < -0.39 is 0 Å². The first-order valence-electron chi connectivity index (χ1n) is 6.54. The van der Waals surface area contributed by atoms with E-state index in [1.165, 1.54) is 19.3 Å². The van der Waals surface area contributed by atoms with Gasteiger partial charge in [-0.3, -0.25) is 4.79 Å². The summed E-state index contributed by atoms with van der Waals surface area (Å²) in [7, 11) is 0. The molecule has 84 valence electrons. The van der Waals surface area contributed by atoms with E-state index in [1.807, 2.05) is 0 Å². The molecule has 0 N–H and O–H groups in total. The van der Waals surface area contributed by atoms with Crippen molar-refractivity contribution in [2.75, 3.05) is 0 Å². The van der Waals surface area contributed by atoms with Crippen LogP contribution in [-0.2, 0) is 4.79 Å². The Morgan fingerprint density at radius 2 is 2.00 bits per heavy atom. The molecule has 1 nitrogen and oxygen atoms in total. The molecular formula is C14H22O. The highest BCUT2D eigenvalue weighted by Gasteiger charge is 2.72. The van der Waals surface area contributed by atoms with Crippen LogP contribution in [0.4, 0.5) is 0 Å². The normalized spacial score (nSPS) is 51.9. The number of rotatable bonds is 0. The van der Waals surface area contributed by atoms with E-state index in [2.05, 4.69) is 20.8 Å². The van der Waals surface area contributed by atoms with E-state index >= 15 is 0 Å². The van der Waals surface area contributed by atoms with Crippen LogP contribution in [0, 0.1) is 28.6 Å². The molecule has 15 heavy (non-hydrogen) atoms. The van der Waals surface area contributed by atoms with Gasteiger partial charge in [-0.25, -0.2) is 0 Å². The van der Waals surface area contributed by atoms with Gasteiger partial charge in [-0.1, -0.05) is 20.8 Å². The number of carbonyl (C=O) groups excluding carboxylic acids is 1. The van der Waals surface area contributed by atoms with Gasteiger partial charge in [-0.2, -0.15) is 0 Å². The molecule has 3 aliphatic rings. The number of ketones is 1. The molecule has 0 saturated heterocycles. The number of Topliss-reactive ketones (excluding diaryl/α,β-unsaturated/α-hetero) is 1. The van der Waals surface area contributed by atoms with Gasteiger partial charge in [0, 0.05) is 12.3 Å². The van der Waals surface area contributed by atoms with Gasteiger partial charge >= 0.3 is 0 Å². The first-order valence-corrected chi connectivity index (χ1v) is 6.54. The van der Waals surface area contributed by atoms with E-state index in [9.17, 15) is 4.79 Å². The summed E-state index contributed by atoms with van der Waals surface area (Å²) >= 11 is 0. The van der Waals surface area contributed by atoms with E-state index in [0.29, 0.717) is 22.5 Å². The molecule has 0 heterocycles. The third-order valence-corrected chi connectivity index (χ3v) is 5.99. The molecule has 3 saturated carbocycles. The van der Waals surface area contributed by atoms with Crippen molar-refractivity contribution >= 4 is 5.78 Å². The van der Waals surface area contributed by atoms with Crippen LogP contribution in [0.25, 0.3) is 0 Å². The largest absolute Gasteiger partial charge is 0.299 e. The quantitative estimate of drug-likeness (QED) is 0.593. The summed E-state index contributed by atoms with van der Waals surface area (Å²) in [6, 6.07) is 0. The Balaban J connectivity index is 2.05. The Kier molecular flexibility index (Phi) is 1.76. The van der Waals surface area contributed by atoms with Crippen LogP contribution in [0.15, 0.2) is 0 Å². The van der Waals surface area contributed by atoms with E-state index in [0.717, 1.165) is 24.7 Å². The molecule has 0 aromatic rings. The van der Waals surface area contributed by atoms with Crippen molar-refractivity contribution in [3.05, 3.63) is 0 Å². The molecule has 0 amide bonds. The highest BCUT2D eigenvalue weighted by atomic mass is 16.1. The van der Waals surface area contributed by atoms with Crippen molar-refractivity contribution in [2.45, 2.75) is 52.9 Å². The predicted molar refractivity (Wildman–Crippen MR) is 60.5 cm³/mol. The lowest BCUT2D eigenvalue weighted by molar-refractivity contribution is -0.202. The topological polar surface area (TPSA) is 17.1 Å². The Hall–Kier alpha value is -0.330. The summed E-state index contributed by atoms with van der Waals surface area (Å²) in [5, 5.41) is 0. The summed E-state index contributed by atoms with van der Waals surface area (Å²) in [6.07, 6.45) is 6.08. The molecule has 1 heteroatoms. The lowest BCUT2D eigenvalue weighted by atomic mass is 9.36. The minimum absolute atomic E-state index is 0.308. The lowest BCUT2D eigenvalue weighted by Gasteiger charge is -2.67. The van der Waals surface area contributed by atoms with Gasteiger partial charge in [-0.15, -0.1) is 0 Å². The van der Waals surface area contributed by atoms with Gasteiger partial charge in [0.05, 0.1) is 0 Å². The van der Waals surface area contributed by atoms with Crippen LogP contribution < -0.4 is 0 Å². The van der Waals surface area contributed by atoms with E-state index in [4.69, 9.17) is 0 Å². The molecule has 3 aliphatic carbocycles. The van der Waals surface area contributed by atoms with Gasteiger partial charge in [-0.05, 0) is 48.3 Å². The van der Waals surface area contributed by atoms with Crippen LogP contribution in [0.3, 0.4) is 0 Å². The van der Waals surface area contributed by atoms with E-state index in [1.54, 1.807) is 0 Å². The van der Waals surface area contributed by atoms with Crippen LogP contribution in [-0.4, -0.2) is 5.78 Å². The number of hydrogen-bond acceptors (Lipinski definition) is 1. The zero-order valence-corrected chi connectivity index (χ0v) is 10.2. The molecule has 0 aliphatic heterocycles. The molecule has 0 bridgehead atoms. The molecule has 0 radical (unpaired) electrons. The highest BCUT2D eigenvalue weighted by molar-refractivity contribution is 5.85. The Bertz CT molecular complexity index is 317. The van der Waals surface area contributed by atoms with Crippen LogP contribution in [0.2, 0.25) is 0 Å². The second-order valence-corrected chi connectivity index (χ2v) is 6.72. The minimum atomic E-state index is 0.308. The molecular weight excluding hydrogens is 184 g/mol. The van der Waals surface area contributed by atoms with Gasteiger partial charge < -0.3 is 0 Å².